The lowest BCUT2D eigenvalue weighted by molar-refractivity contribution is 0.0784. The van der Waals surface area contributed by atoms with Gasteiger partial charge in [0.1, 0.15) is 0 Å². The second-order valence-electron chi connectivity index (χ2n) is 8.95. The van der Waals surface area contributed by atoms with Crippen LogP contribution in [0.25, 0.3) is 0 Å². The Bertz CT molecular complexity index is 923. The molecule has 1 atom stereocenters. The van der Waals surface area contributed by atoms with Crippen LogP contribution >= 0.6 is 23.4 Å². The number of anilines is 1. The van der Waals surface area contributed by atoms with E-state index in [2.05, 4.69) is 26.1 Å². The minimum Gasteiger partial charge on any atom is -0.396 e. The third-order valence-electron chi connectivity index (χ3n) is 4.96. The molecule has 2 aromatic carbocycles. The lowest BCUT2D eigenvalue weighted by Crippen LogP contribution is -2.12. The number of carbonyl (C=O) groups is 1. The zero-order chi connectivity index (χ0) is 27.1. The van der Waals surface area contributed by atoms with E-state index in [0.717, 1.165) is 24.5 Å². The number of ether oxygens (including phenoxy) is 1. The Morgan fingerprint density at radius 2 is 1.78 bits per heavy atom. The Morgan fingerprint density at radius 3 is 2.33 bits per heavy atom. The molecule has 1 amide bonds. The van der Waals surface area contributed by atoms with E-state index in [1.54, 1.807) is 12.1 Å². The van der Waals surface area contributed by atoms with E-state index in [4.69, 9.17) is 21.4 Å². The van der Waals surface area contributed by atoms with Crippen molar-refractivity contribution in [2.75, 3.05) is 30.9 Å². The molecular weight excluding hydrogens is 511 g/mol. The average molecular weight is 548 g/mol. The predicted molar refractivity (Wildman–Crippen MR) is 142 cm³/mol. The molecule has 0 aliphatic rings. The summed E-state index contributed by atoms with van der Waals surface area (Å²) in [5.74, 6) is -3.17. The van der Waals surface area contributed by atoms with Crippen molar-refractivity contribution in [2.24, 2.45) is 11.8 Å². The summed E-state index contributed by atoms with van der Waals surface area (Å²) in [7, 11) is 0. The first kappa shape index (κ1) is 32.3. The first-order valence-electron chi connectivity index (χ1n) is 12.2. The van der Waals surface area contributed by atoms with Gasteiger partial charge >= 0.3 is 0 Å². The maximum Gasteiger partial charge on any atom is 0.255 e. The third-order valence-corrected chi connectivity index (χ3v) is 6.54. The SMILES string of the molecule is CC(CO)COCCCCSc1cc(C(=O)Nc2cc(F)c(F)c(F)c2)ccc1Cl.CCCC(C)C. The van der Waals surface area contributed by atoms with Gasteiger partial charge in [-0.05, 0) is 42.7 Å². The molecule has 0 saturated carbocycles. The maximum atomic E-state index is 13.3. The molecule has 0 heterocycles. The van der Waals surface area contributed by atoms with Gasteiger partial charge in [-0.2, -0.15) is 0 Å². The van der Waals surface area contributed by atoms with Crippen LogP contribution in [0.15, 0.2) is 35.2 Å². The van der Waals surface area contributed by atoms with Crippen molar-refractivity contribution >= 4 is 35.0 Å². The number of halogens is 4. The lowest BCUT2D eigenvalue weighted by Gasteiger charge is -2.10. The molecule has 0 radical (unpaired) electrons. The standard InChI is InChI=1S/C21H23ClF3NO3S.C6H14/c1-13(11-27)12-29-6-2-3-7-30-19-8-14(4-5-16(19)22)21(28)26-15-9-17(23)20(25)18(24)10-15;1-4-5-6(2)3/h4-5,8-10,13,27H,2-3,6-7,11-12H2,1H3,(H,26,28);6H,4-5H2,1-3H3. The number of benzene rings is 2. The molecule has 0 bridgehead atoms. The van der Waals surface area contributed by atoms with Gasteiger partial charge in [-0.1, -0.05) is 52.1 Å². The predicted octanol–water partition coefficient (Wildman–Crippen LogP) is 7.97. The van der Waals surface area contributed by atoms with Gasteiger partial charge in [-0.15, -0.1) is 11.8 Å². The van der Waals surface area contributed by atoms with Crippen LogP contribution in [0, 0.1) is 29.3 Å². The fourth-order valence-corrected chi connectivity index (χ4v) is 4.25. The number of hydrogen-bond donors (Lipinski definition) is 2. The average Bonchev–Trinajstić information content (AvgIpc) is 2.82. The fraction of sp³-hybridized carbons (Fsp3) is 0.519. The van der Waals surface area contributed by atoms with E-state index in [1.807, 2.05) is 6.92 Å². The Morgan fingerprint density at radius 1 is 1.11 bits per heavy atom. The summed E-state index contributed by atoms with van der Waals surface area (Å²) in [6, 6.07) is 6.09. The summed E-state index contributed by atoms with van der Waals surface area (Å²) in [6.45, 7) is 9.86. The smallest absolute Gasteiger partial charge is 0.255 e. The van der Waals surface area contributed by atoms with E-state index < -0.39 is 23.4 Å². The number of amides is 1. The van der Waals surface area contributed by atoms with E-state index >= 15 is 0 Å². The highest BCUT2D eigenvalue weighted by atomic mass is 35.5. The number of thioether (sulfide) groups is 1. The van der Waals surface area contributed by atoms with Crippen LogP contribution in [0.4, 0.5) is 18.9 Å². The molecule has 0 saturated heterocycles. The summed E-state index contributed by atoms with van der Waals surface area (Å²) < 4.78 is 45.1. The van der Waals surface area contributed by atoms with Crippen molar-refractivity contribution in [2.45, 2.75) is 58.3 Å². The number of carbonyl (C=O) groups excluding carboxylic acids is 1. The van der Waals surface area contributed by atoms with Gasteiger partial charge in [0.05, 0.1) is 11.6 Å². The van der Waals surface area contributed by atoms with Crippen LogP contribution in [0.1, 0.15) is 63.7 Å². The zero-order valence-electron chi connectivity index (χ0n) is 21.4. The molecule has 1 unspecified atom stereocenters. The van der Waals surface area contributed by atoms with E-state index in [9.17, 15) is 18.0 Å². The van der Waals surface area contributed by atoms with Crippen molar-refractivity contribution in [3.05, 3.63) is 58.4 Å². The monoisotopic (exact) mass is 547 g/mol. The molecule has 0 fully saturated rings. The van der Waals surface area contributed by atoms with Crippen LogP contribution in [-0.2, 0) is 4.74 Å². The molecule has 0 aliphatic heterocycles. The van der Waals surface area contributed by atoms with Crippen molar-refractivity contribution in [3.8, 4) is 0 Å². The highest BCUT2D eigenvalue weighted by Gasteiger charge is 2.14. The molecule has 2 N–H and O–H groups in total. The second-order valence-corrected chi connectivity index (χ2v) is 10.5. The number of hydrogen-bond acceptors (Lipinski definition) is 4. The highest BCUT2D eigenvalue weighted by Crippen LogP contribution is 2.29. The van der Waals surface area contributed by atoms with Crippen LogP contribution in [-0.4, -0.2) is 36.6 Å². The maximum absolute atomic E-state index is 13.3. The Balaban J connectivity index is 0.000000960. The minimum absolute atomic E-state index is 0.101. The molecular formula is C27H37ClF3NO3S. The molecule has 2 rings (SSSR count). The Kier molecular flexibility index (Phi) is 15.8. The first-order chi connectivity index (χ1) is 17.1. The first-order valence-corrected chi connectivity index (χ1v) is 13.5. The molecule has 202 valence electrons. The molecule has 4 nitrogen and oxygen atoms in total. The molecule has 2 aromatic rings. The second kappa shape index (κ2) is 17.7. The number of rotatable bonds is 13. The van der Waals surface area contributed by atoms with Gasteiger partial charge in [0.2, 0.25) is 0 Å². The Labute approximate surface area is 222 Å². The van der Waals surface area contributed by atoms with Gasteiger partial charge in [-0.3, -0.25) is 4.79 Å². The van der Waals surface area contributed by atoms with E-state index in [-0.39, 0.29) is 23.8 Å². The Hall–Kier alpha value is -1.74. The molecule has 9 heteroatoms. The van der Waals surface area contributed by atoms with Crippen LogP contribution in [0.3, 0.4) is 0 Å². The van der Waals surface area contributed by atoms with Crippen LogP contribution < -0.4 is 5.32 Å². The molecule has 0 spiro atoms. The third kappa shape index (κ3) is 12.5. The van der Waals surface area contributed by atoms with Gasteiger partial charge in [-0.25, -0.2) is 13.2 Å². The topological polar surface area (TPSA) is 58.6 Å². The summed E-state index contributed by atoms with van der Waals surface area (Å²) in [5.41, 5.74) is 0.0736. The number of aliphatic hydroxyl groups is 1. The number of aliphatic hydroxyl groups excluding tert-OH is 1. The van der Waals surface area contributed by atoms with Gasteiger partial charge in [0.25, 0.3) is 5.91 Å². The summed E-state index contributed by atoms with van der Waals surface area (Å²) >= 11 is 7.68. The minimum atomic E-state index is -1.59. The van der Waals surface area contributed by atoms with Crippen molar-refractivity contribution < 1.29 is 27.8 Å². The van der Waals surface area contributed by atoms with Gasteiger partial charge in [0, 0.05) is 47.4 Å². The van der Waals surface area contributed by atoms with Gasteiger partial charge < -0.3 is 15.2 Å². The van der Waals surface area contributed by atoms with Crippen molar-refractivity contribution in [1.82, 2.24) is 0 Å². The summed E-state index contributed by atoms with van der Waals surface area (Å²) in [6.07, 6.45) is 4.43. The fourth-order valence-electron chi connectivity index (χ4n) is 2.99. The van der Waals surface area contributed by atoms with Crippen LogP contribution in [0.2, 0.25) is 5.02 Å². The van der Waals surface area contributed by atoms with Crippen LogP contribution in [0.5, 0.6) is 0 Å². The normalized spacial score (nSPS) is 11.7. The van der Waals surface area contributed by atoms with E-state index in [0.29, 0.717) is 35.3 Å². The summed E-state index contributed by atoms with van der Waals surface area (Å²) in [5, 5.41) is 11.8. The molecule has 0 aromatic heterocycles. The molecule has 0 aliphatic carbocycles. The zero-order valence-corrected chi connectivity index (χ0v) is 23.0. The quantitative estimate of drug-likeness (QED) is 0.152. The lowest BCUT2D eigenvalue weighted by atomic mass is 10.1. The van der Waals surface area contributed by atoms with Crippen molar-refractivity contribution in [3.63, 3.8) is 0 Å². The highest BCUT2D eigenvalue weighted by molar-refractivity contribution is 7.99. The van der Waals surface area contributed by atoms with Crippen molar-refractivity contribution in [1.29, 1.82) is 0 Å². The summed E-state index contributed by atoms with van der Waals surface area (Å²) in [4.78, 5) is 13.1. The number of unbranched alkanes of at least 4 members (excludes halogenated alkanes) is 1. The number of nitrogens with one attached hydrogen (secondary N) is 1. The largest absolute Gasteiger partial charge is 0.396 e. The molecule has 36 heavy (non-hydrogen) atoms. The van der Waals surface area contributed by atoms with Gasteiger partial charge in [0.15, 0.2) is 17.5 Å². The van der Waals surface area contributed by atoms with E-state index in [1.165, 1.54) is 30.7 Å².